The van der Waals surface area contributed by atoms with Gasteiger partial charge in [-0.15, -0.1) is 10.2 Å². The Balaban J connectivity index is 2.38. The maximum atomic E-state index is 3.98. The molecule has 0 saturated carbocycles. The Bertz CT molecular complexity index is 238. The van der Waals surface area contributed by atoms with Crippen molar-refractivity contribution in [3.05, 3.63) is 6.33 Å². The van der Waals surface area contributed by atoms with Crippen molar-refractivity contribution in [2.45, 2.75) is 12.1 Å². The van der Waals surface area contributed by atoms with Crippen LogP contribution in [0.5, 0.6) is 0 Å². The van der Waals surface area contributed by atoms with Crippen LogP contribution < -0.4 is 0 Å². The summed E-state index contributed by atoms with van der Waals surface area (Å²) in [6.45, 7) is 2.21. The van der Waals surface area contributed by atoms with E-state index in [0.29, 0.717) is 5.92 Å². The summed E-state index contributed by atoms with van der Waals surface area (Å²) in [4.78, 5) is 0. The summed E-state index contributed by atoms with van der Waals surface area (Å²) in [5.74, 6) is 1.75. The summed E-state index contributed by atoms with van der Waals surface area (Å²) < 4.78 is 1.94. The largest absolute Gasteiger partial charge is 0.312 e. The molecule has 0 aromatic carbocycles. The van der Waals surface area contributed by atoms with E-state index in [1.807, 2.05) is 11.6 Å². The van der Waals surface area contributed by atoms with Crippen molar-refractivity contribution in [2.24, 2.45) is 13.0 Å². The molecule has 0 bridgehead atoms. The van der Waals surface area contributed by atoms with Crippen LogP contribution in [0.1, 0.15) is 6.92 Å². The Morgan fingerprint density at radius 3 is 3.00 bits per heavy atom. The summed E-state index contributed by atoms with van der Waals surface area (Å²) in [6, 6.07) is 0. The normalized spacial score (nSPS) is 13.2. The lowest BCUT2D eigenvalue weighted by atomic mass is 10.3. The van der Waals surface area contributed by atoms with Crippen LogP contribution in [0.25, 0.3) is 0 Å². The van der Waals surface area contributed by atoms with Gasteiger partial charge in [-0.05, 0) is 5.92 Å². The van der Waals surface area contributed by atoms with Gasteiger partial charge < -0.3 is 4.57 Å². The first-order valence-corrected chi connectivity index (χ1v) is 5.87. The average Bonchev–Trinajstić information content (AvgIpc) is 2.47. The SMILES string of the molecule is CC(CBr)CSc1nncn1C. The molecule has 0 radical (unpaired) electrons. The molecule has 68 valence electrons. The minimum atomic E-state index is 0.673. The minimum Gasteiger partial charge on any atom is -0.312 e. The van der Waals surface area contributed by atoms with Crippen molar-refractivity contribution < 1.29 is 0 Å². The zero-order valence-corrected chi connectivity index (χ0v) is 9.60. The van der Waals surface area contributed by atoms with E-state index in [-0.39, 0.29) is 0 Å². The molecule has 1 atom stereocenters. The highest BCUT2D eigenvalue weighted by atomic mass is 79.9. The third-order valence-electron chi connectivity index (χ3n) is 1.43. The fraction of sp³-hybridized carbons (Fsp3) is 0.714. The maximum absolute atomic E-state index is 3.98. The van der Waals surface area contributed by atoms with Crippen LogP contribution in [0.3, 0.4) is 0 Å². The van der Waals surface area contributed by atoms with Gasteiger partial charge in [-0.2, -0.15) is 0 Å². The second kappa shape index (κ2) is 4.87. The van der Waals surface area contributed by atoms with Gasteiger partial charge in [-0.1, -0.05) is 34.6 Å². The fourth-order valence-corrected chi connectivity index (χ4v) is 2.10. The molecule has 0 aliphatic heterocycles. The predicted molar refractivity (Wildman–Crippen MR) is 54.7 cm³/mol. The molecule has 1 rings (SSSR count). The van der Waals surface area contributed by atoms with E-state index in [2.05, 4.69) is 33.1 Å². The van der Waals surface area contributed by atoms with Crippen molar-refractivity contribution >= 4 is 27.7 Å². The Morgan fingerprint density at radius 1 is 1.75 bits per heavy atom. The lowest BCUT2D eigenvalue weighted by Gasteiger charge is -2.05. The first kappa shape index (κ1) is 10.1. The Kier molecular flexibility index (Phi) is 4.08. The van der Waals surface area contributed by atoms with E-state index in [9.17, 15) is 0 Å². The van der Waals surface area contributed by atoms with E-state index in [0.717, 1.165) is 16.2 Å². The second-order valence-electron chi connectivity index (χ2n) is 2.79. The van der Waals surface area contributed by atoms with Crippen LogP contribution in [0.2, 0.25) is 0 Å². The summed E-state index contributed by atoms with van der Waals surface area (Å²) in [5.41, 5.74) is 0. The Hall–Kier alpha value is -0.0300. The first-order chi connectivity index (χ1) is 5.74. The smallest absolute Gasteiger partial charge is 0.190 e. The zero-order chi connectivity index (χ0) is 8.97. The standard InChI is InChI=1S/C7H12BrN3S/c1-6(3-8)4-12-7-10-9-5-11(7)2/h5-6H,3-4H2,1-2H3. The van der Waals surface area contributed by atoms with Crippen LogP contribution >= 0.6 is 27.7 Å². The number of alkyl halides is 1. The van der Waals surface area contributed by atoms with Gasteiger partial charge in [0.1, 0.15) is 6.33 Å². The highest BCUT2D eigenvalue weighted by Crippen LogP contribution is 2.17. The second-order valence-corrected chi connectivity index (χ2v) is 4.43. The molecule has 0 amide bonds. The Labute approximate surface area is 85.1 Å². The van der Waals surface area contributed by atoms with Crippen molar-refractivity contribution in [2.75, 3.05) is 11.1 Å². The molecule has 12 heavy (non-hydrogen) atoms. The van der Waals surface area contributed by atoms with Gasteiger partial charge in [-0.25, -0.2) is 0 Å². The van der Waals surface area contributed by atoms with E-state index in [1.165, 1.54) is 0 Å². The van der Waals surface area contributed by atoms with Crippen LogP contribution in [0.15, 0.2) is 11.5 Å². The number of hydrogen-bond donors (Lipinski definition) is 0. The number of hydrogen-bond acceptors (Lipinski definition) is 3. The number of rotatable bonds is 4. The molecule has 0 N–H and O–H groups in total. The van der Waals surface area contributed by atoms with Crippen molar-refractivity contribution in [3.8, 4) is 0 Å². The number of aromatic nitrogens is 3. The molecule has 3 nitrogen and oxygen atoms in total. The molecule has 0 aliphatic rings. The quantitative estimate of drug-likeness (QED) is 0.604. The molecule has 1 aromatic rings. The molecule has 1 aromatic heterocycles. The molecule has 1 heterocycles. The van der Waals surface area contributed by atoms with Crippen molar-refractivity contribution in [3.63, 3.8) is 0 Å². The predicted octanol–water partition coefficient (Wildman–Crippen LogP) is 1.94. The monoisotopic (exact) mass is 249 g/mol. The van der Waals surface area contributed by atoms with Crippen LogP contribution in [0.4, 0.5) is 0 Å². The van der Waals surface area contributed by atoms with Crippen molar-refractivity contribution in [1.29, 1.82) is 0 Å². The van der Waals surface area contributed by atoms with E-state index < -0.39 is 0 Å². The van der Waals surface area contributed by atoms with Gasteiger partial charge in [0.15, 0.2) is 5.16 Å². The summed E-state index contributed by atoms with van der Waals surface area (Å²) >= 11 is 5.19. The molecular weight excluding hydrogens is 238 g/mol. The van der Waals surface area contributed by atoms with Gasteiger partial charge in [0, 0.05) is 18.1 Å². The van der Waals surface area contributed by atoms with Gasteiger partial charge in [-0.3, -0.25) is 0 Å². The molecule has 0 spiro atoms. The molecule has 0 fully saturated rings. The van der Waals surface area contributed by atoms with E-state index >= 15 is 0 Å². The molecular formula is C7H12BrN3S. The number of thioether (sulfide) groups is 1. The highest BCUT2D eigenvalue weighted by molar-refractivity contribution is 9.09. The highest BCUT2D eigenvalue weighted by Gasteiger charge is 2.04. The first-order valence-electron chi connectivity index (χ1n) is 3.76. The molecule has 5 heteroatoms. The number of nitrogens with zero attached hydrogens (tertiary/aromatic N) is 3. The van der Waals surface area contributed by atoms with Crippen molar-refractivity contribution in [1.82, 2.24) is 14.8 Å². The van der Waals surface area contributed by atoms with Gasteiger partial charge in [0.25, 0.3) is 0 Å². The summed E-state index contributed by atoms with van der Waals surface area (Å²) in [6.07, 6.45) is 1.72. The van der Waals surface area contributed by atoms with Crippen LogP contribution in [-0.4, -0.2) is 25.8 Å². The summed E-state index contributed by atoms with van der Waals surface area (Å²) in [5, 5.41) is 9.82. The average molecular weight is 250 g/mol. The van der Waals surface area contributed by atoms with Crippen LogP contribution in [0, 0.1) is 5.92 Å². The third kappa shape index (κ3) is 2.79. The molecule has 0 aliphatic carbocycles. The zero-order valence-electron chi connectivity index (χ0n) is 7.20. The molecule has 1 unspecified atom stereocenters. The molecule has 0 saturated heterocycles. The van der Waals surface area contributed by atoms with Crippen LogP contribution in [-0.2, 0) is 7.05 Å². The maximum Gasteiger partial charge on any atom is 0.190 e. The number of halogens is 1. The van der Waals surface area contributed by atoms with Gasteiger partial charge >= 0.3 is 0 Å². The minimum absolute atomic E-state index is 0.673. The number of aryl methyl sites for hydroxylation is 1. The lowest BCUT2D eigenvalue weighted by molar-refractivity contribution is 0.753. The van der Waals surface area contributed by atoms with E-state index in [4.69, 9.17) is 0 Å². The Morgan fingerprint density at radius 2 is 2.50 bits per heavy atom. The third-order valence-corrected chi connectivity index (χ3v) is 3.90. The lowest BCUT2D eigenvalue weighted by Crippen LogP contribution is -2.00. The fourth-order valence-electron chi connectivity index (χ4n) is 0.665. The summed E-state index contributed by atoms with van der Waals surface area (Å²) in [7, 11) is 1.96. The topological polar surface area (TPSA) is 30.7 Å². The van der Waals surface area contributed by atoms with Gasteiger partial charge in [0.05, 0.1) is 0 Å². The van der Waals surface area contributed by atoms with Gasteiger partial charge in [0.2, 0.25) is 0 Å². The van der Waals surface area contributed by atoms with E-state index in [1.54, 1.807) is 18.1 Å².